The van der Waals surface area contributed by atoms with Gasteiger partial charge < -0.3 is 10.5 Å². The molecule has 1 aromatic carbocycles. The van der Waals surface area contributed by atoms with Crippen molar-refractivity contribution in [2.24, 2.45) is 11.7 Å². The SMILES string of the molecule is N[C@@H]1[C@@H]2CC[C@H]1N(CC1CCC(c3ccccc3)O1)C2. The molecule has 5 atom stereocenters. The van der Waals surface area contributed by atoms with Gasteiger partial charge in [-0.05, 0) is 37.2 Å². The molecule has 0 radical (unpaired) electrons. The van der Waals surface area contributed by atoms with Gasteiger partial charge in [0.2, 0.25) is 0 Å². The number of fused-ring (bicyclic) bond motifs is 2. The summed E-state index contributed by atoms with van der Waals surface area (Å²) in [6.45, 7) is 2.28. The van der Waals surface area contributed by atoms with Gasteiger partial charge in [0.05, 0.1) is 12.2 Å². The summed E-state index contributed by atoms with van der Waals surface area (Å²) in [6, 6.07) is 11.7. The van der Waals surface area contributed by atoms with Gasteiger partial charge in [-0.1, -0.05) is 30.3 Å². The number of hydrogen-bond acceptors (Lipinski definition) is 3. The van der Waals surface area contributed by atoms with Crippen LogP contribution in [0.4, 0.5) is 0 Å². The van der Waals surface area contributed by atoms with E-state index in [2.05, 4.69) is 35.2 Å². The van der Waals surface area contributed by atoms with Gasteiger partial charge in [-0.2, -0.15) is 0 Å². The van der Waals surface area contributed by atoms with Crippen LogP contribution in [0.3, 0.4) is 0 Å². The summed E-state index contributed by atoms with van der Waals surface area (Å²) in [7, 11) is 0. The van der Waals surface area contributed by atoms with Crippen LogP contribution in [0.1, 0.15) is 37.4 Å². The maximum Gasteiger partial charge on any atom is 0.0830 e. The Balaban J connectivity index is 1.36. The standard InChI is InChI=1S/C17H24N2O/c18-17-13-6-8-15(17)19(10-13)11-14-7-9-16(20-14)12-4-2-1-3-5-12/h1-5,13-17H,6-11,18H2/t13-,14?,15-,16?,17-/m1/s1. The molecular formula is C17H24N2O. The van der Waals surface area contributed by atoms with Crippen LogP contribution in [0.2, 0.25) is 0 Å². The van der Waals surface area contributed by atoms with Gasteiger partial charge in [-0.15, -0.1) is 0 Å². The van der Waals surface area contributed by atoms with Gasteiger partial charge in [0.25, 0.3) is 0 Å². The van der Waals surface area contributed by atoms with Crippen LogP contribution in [-0.2, 0) is 4.74 Å². The molecule has 3 nitrogen and oxygen atoms in total. The Hall–Kier alpha value is -0.900. The fourth-order valence-corrected chi connectivity index (χ4v) is 4.38. The van der Waals surface area contributed by atoms with Crippen molar-refractivity contribution < 1.29 is 4.74 Å². The van der Waals surface area contributed by atoms with Crippen LogP contribution in [0.5, 0.6) is 0 Å². The summed E-state index contributed by atoms with van der Waals surface area (Å²) in [5.74, 6) is 0.742. The molecule has 1 saturated carbocycles. The Bertz CT molecular complexity index is 463. The third kappa shape index (κ3) is 2.18. The molecule has 2 saturated heterocycles. The van der Waals surface area contributed by atoms with Crippen molar-refractivity contribution in [1.29, 1.82) is 0 Å². The smallest absolute Gasteiger partial charge is 0.0830 e. The zero-order chi connectivity index (χ0) is 13.5. The molecule has 3 heteroatoms. The second kappa shape index (κ2) is 5.14. The number of benzene rings is 1. The molecule has 108 valence electrons. The van der Waals surface area contributed by atoms with Crippen molar-refractivity contribution in [3.05, 3.63) is 35.9 Å². The van der Waals surface area contributed by atoms with Gasteiger partial charge in [-0.3, -0.25) is 4.90 Å². The first-order valence-electron chi connectivity index (χ1n) is 8.01. The lowest BCUT2D eigenvalue weighted by Crippen LogP contribution is -2.41. The molecule has 1 aliphatic carbocycles. The quantitative estimate of drug-likeness (QED) is 0.918. The van der Waals surface area contributed by atoms with E-state index in [1.807, 2.05) is 0 Å². The maximum absolute atomic E-state index is 6.28. The van der Waals surface area contributed by atoms with Crippen LogP contribution in [0.15, 0.2) is 30.3 Å². The third-order valence-corrected chi connectivity index (χ3v) is 5.48. The monoisotopic (exact) mass is 272 g/mol. The first-order valence-corrected chi connectivity index (χ1v) is 8.01. The van der Waals surface area contributed by atoms with Crippen molar-refractivity contribution in [3.8, 4) is 0 Å². The molecule has 1 aromatic rings. The van der Waals surface area contributed by atoms with E-state index < -0.39 is 0 Å². The number of piperidine rings is 1. The molecular weight excluding hydrogens is 248 g/mol. The average molecular weight is 272 g/mol. The van der Waals surface area contributed by atoms with Crippen LogP contribution in [0, 0.1) is 5.92 Å². The van der Waals surface area contributed by atoms with Crippen molar-refractivity contribution in [2.75, 3.05) is 13.1 Å². The summed E-state index contributed by atoms with van der Waals surface area (Å²) in [5.41, 5.74) is 7.61. The zero-order valence-corrected chi connectivity index (χ0v) is 11.9. The topological polar surface area (TPSA) is 38.5 Å². The van der Waals surface area contributed by atoms with E-state index in [0.717, 1.165) is 18.9 Å². The van der Waals surface area contributed by atoms with E-state index in [4.69, 9.17) is 10.5 Å². The summed E-state index contributed by atoms with van der Waals surface area (Å²) >= 11 is 0. The van der Waals surface area contributed by atoms with E-state index >= 15 is 0 Å². The number of ether oxygens (including phenoxy) is 1. The zero-order valence-electron chi connectivity index (χ0n) is 11.9. The summed E-state index contributed by atoms with van der Waals surface area (Å²) in [5, 5.41) is 0. The van der Waals surface area contributed by atoms with Gasteiger partial charge >= 0.3 is 0 Å². The van der Waals surface area contributed by atoms with Gasteiger partial charge in [-0.25, -0.2) is 0 Å². The predicted molar refractivity (Wildman–Crippen MR) is 79.4 cm³/mol. The summed E-state index contributed by atoms with van der Waals surface area (Å²) in [6.07, 6.45) is 5.66. The lowest BCUT2D eigenvalue weighted by atomic mass is 10.1. The minimum atomic E-state index is 0.301. The largest absolute Gasteiger partial charge is 0.369 e. The number of rotatable bonds is 3. The fourth-order valence-electron chi connectivity index (χ4n) is 4.38. The molecule has 3 fully saturated rings. The Morgan fingerprint density at radius 1 is 1.10 bits per heavy atom. The van der Waals surface area contributed by atoms with Gasteiger partial charge in [0, 0.05) is 25.2 Å². The number of nitrogens with two attached hydrogens (primary N) is 1. The van der Waals surface area contributed by atoms with E-state index in [9.17, 15) is 0 Å². The second-order valence-electron chi connectivity index (χ2n) is 6.67. The summed E-state index contributed by atoms with van der Waals surface area (Å²) in [4.78, 5) is 2.59. The minimum absolute atomic E-state index is 0.301. The van der Waals surface area contributed by atoms with Crippen LogP contribution in [-0.4, -0.2) is 36.2 Å². The average Bonchev–Trinajstić information content (AvgIpc) is 3.16. The minimum Gasteiger partial charge on any atom is -0.369 e. The highest BCUT2D eigenvalue weighted by molar-refractivity contribution is 5.18. The summed E-state index contributed by atoms with van der Waals surface area (Å²) < 4.78 is 6.27. The van der Waals surface area contributed by atoms with Crippen molar-refractivity contribution in [2.45, 2.75) is 50.0 Å². The molecule has 3 aliphatic rings. The highest BCUT2D eigenvalue weighted by Gasteiger charge is 2.45. The molecule has 4 rings (SSSR count). The first kappa shape index (κ1) is 12.8. The van der Waals surface area contributed by atoms with Crippen LogP contribution in [0.25, 0.3) is 0 Å². The van der Waals surface area contributed by atoms with E-state index in [1.165, 1.54) is 31.4 Å². The predicted octanol–water partition coefficient (Wildman–Crippen LogP) is 2.33. The van der Waals surface area contributed by atoms with Crippen LogP contribution >= 0.6 is 0 Å². The molecule has 2 unspecified atom stereocenters. The Kier molecular flexibility index (Phi) is 3.29. The molecule has 0 spiro atoms. The van der Waals surface area contributed by atoms with Crippen molar-refractivity contribution in [3.63, 3.8) is 0 Å². The molecule has 20 heavy (non-hydrogen) atoms. The van der Waals surface area contributed by atoms with Gasteiger partial charge in [0.15, 0.2) is 0 Å². The van der Waals surface area contributed by atoms with Crippen molar-refractivity contribution >= 4 is 0 Å². The Labute approximate surface area is 121 Å². The van der Waals surface area contributed by atoms with Gasteiger partial charge in [0.1, 0.15) is 0 Å². The lowest BCUT2D eigenvalue weighted by molar-refractivity contribution is 0.0158. The lowest BCUT2D eigenvalue weighted by Gasteiger charge is -2.29. The van der Waals surface area contributed by atoms with E-state index in [-0.39, 0.29) is 0 Å². The third-order valence-electron chi connectivity index (χ3n) is 5.48. The number of likely N-dealkylation sites (tertiary alicyclic amines) is 1. The van der Waals surface area contributed by atoms with Crippen LogP contribution < -0.4 is 5.73 Å². The van der Waals surface area contributed by atoms with Crippen molar-refractivity contribution in [1.82, 2.24) is 4.90 Å². The molecule has 0 amide bonds. The van der Waals surface area contributed by atoms with E-state index in [0.29, 0.717) is 24.3 Å². The molecule has 0 aromatic heterocycles. The Morgan fingerprint density at radius 3 is 2.65 bits per heavy atom. The number of hydrogen-bond donors (Lipinski definition) is 1. The maximum atomic E-state index is 6.28. The number of nitrogens with zero attached hydrogens (tertiary/aromatic N) is 1. The molecule has 2 aliphatic heterocycles. The Morgan fingerprint density at radius 2 is 1.95 bits per heavy atom. The highest BCUT2D eigenvalue weighted by Crippen LogP contribution is 2.39. The first-order chi connectivity index (χ1) is 9.81. The fraction of sp³-hybridized carbons (Fsp3) is 0.647. The van der Waals surface area contributed by atoms with E-state index in [1.54, 1.807) is 0 Å². The molecule has 2 N–H and O–H groups in total. The molecule has 2 heterocycles. The second-order valence-corrected chi connectivity index (χ2v) is 6.67. The molecule has 2 bridgehead atoms. The highest BCUT2D eigenvalue weighted by atomic mass is 16.5. The normalized spacial score (nSPS) is 40.5.